The lowest BCUT2D eigenvalue weighted by Gasteiger charge is -2.22. The smallest absolute Gasteiger partial charge is 0.125 e. The molecule has 2 heteroatoms. The number of allylic oxidation sites excluding steroid dienone is 1. The quantitative estimate of drug-likeness (QED) is 0.770. The summed E-state index contributed by atoms with van der Waals surface area (Å²) in [7, 11) is 1.61. The fourth-order valence-corrected chi connectivity index (χ4v) is 1.70. The van der Waals surface area contributed by atoms with Crippen molar-refractivity contribution in [2.75, 3.05) is 7.11 Å². The van der Waals surface area contributed by atoms with Gasteiger partial charge >= 0.3 is 0 Å². The summed E-state index contributed by atoms with van der Waals surface area (Å²) in [4.78, 5) is 0. The van der Waals surface area contributed by atoms with Crippen LogP contribution in [-0.4, -0.2) is 12.2 Å². The van der Waals surface area contributed by atoms with Gasteiger partial charge in [0.2, 0.25) is 0 Å². The van der Waals surface area contributed by atoms with Crippen molar-refractivity contribution in [1.82, 2.24) is 0 Å². The highest BCUT2D eigenvalue weighted by Gasteiger charge is 2.23. The zero-order chi connectivity index (χ0) is 11.5. The number of ether oxygens (including phenoxy) is 1. The largest absolute Gasteiger partial charge is 0.496 e. The van der Waals surface area contributed by atoms with E-state index in [1.165, 1.54) is 0 Å². The Balaban J connectivity index is 3.20. The highest BCUT2D eigenvalue weighted by atomic mass is 16.5. The van der Waals surface area contributed by atoms with Crippen LogP contribution in [0.5, 0.6) is 5.75 Å². The van der Waals surface area contributed by atoms with E-state index in [9.17, 15) is 5.11 Å². The lowest BCUT2D eigenvalue weighted by atomic mass is 9.93. The van der Waals surface area contributed by atoms with Crippen molar-refractivity contribution in [3.8, 4) is 5.75 Å². The summed E-state index contributed by atoms with van der Waals surface area (Å²) in [5, 5.41) is 10.3. The second-order valence-corrected chi connectivity index (χ2v) is 4.07. The second kappa shape index (κ2) is 4.49. The van der Waals surface area contributed by atoms with Gasteiger partial charge in [-0.25, -0.2) is 0 Å². The summed E-state index contributed by atoms with van der Waals surface area (Å²) in [5.41, 5.74) is 0.880. The van der Waals surface area contributed by atoms with Crippen molar-refractivity contribution in [2.45, 2.75) is 26.4 Å². The Kier molecular flexibility index (Phi) is 3.53. The van der Waals surface area contributed by atoms with E-state index in [0.29, 0.717) is 5.75 Å². The third-order valence-electron chi connectivity index (χ3n) is 2.22. The summed E-state index contributed by atoms with van der Waals surface area (Å²) < 4.78 is 5.22. The van der Waals surface area contributed by atoms with E-state index < -0.39 is 5.60 Å². The third-order valence-corrected chi connectivity index (χ3v) is 2.22. The van der Waals surface area contributed by atoms with Gasteiger partial charge in [-0.05, 0) is 26.8 Å². The van der Waals surface area contributed by atoms with Crippen LogP contribution in [-0.2, 0) is 5.60 Å². The van der Waals surface area contributed by atoms with Crippen molar-refractivity contribution in [3.63, 3.8) is 0 Å². The molecule has 82 valence electrons. The first-order valence-corrected chi connectivity index (χ1v) is 4.99. The van der Waals surface area contributed by atoms with Gasteiger partial charge in [0.25, 0.3) is 0 Å². The van der Waals surface area contributed by atoms with E-state index in [0.717, 1.165) is 11.1 Å². The molecule has 1 rings (SSSR count). The molecule has 0 saturated heterocycles. The Morgan fingerprint density at radius 3 is 2.47 bits per heavy atom. The maximum absolute atomic E-state index is 10.3. The Hall–Kier alpha value is -1.28. The molecule has 0 aliphatic carbocycles. The van der Waals surface area contributed by atoms with Gasteiger partial charge in [-0.2, -0.15) is 0 Å². The maximum atomic E-state index is 10.3. The van der Waals surface area contributed by atoms with Gasteiger partial charge in [0.15, 0.2) is 0 Å². The molecule has 0 aliphatic heterocycles. The van der Waals surface area contributed by atoms with Gasteiger partial charge in [0, 0.05) is 5.56 Å². The molecule has 0 aliphatic rings. The highest BCUT2D eigenvalue weighted by molar-refractivity contribution is 5.40. The van der Waals surface area contributed by atoms with Crippen LogP contribution in [0, 0.1) is 0 Å². The van der Waals surface area contributed by atoms with Gasteiger partial charge in [-0.1, -0.05) is 29.8 Å². The molecule has 0 radical (unpaired) electrons. The predicted octanol–water partition coefficient (Wildman–Crippen LogP) is 2.87. The molecule has 0 amide bonds. The minimum absolute atomic E-state index is 0.708. The topological polar surface area (TPSA) is 29.5 Å². The first-order valence-electron chi connectivity index (χ1n) is 4.99. The van der Waals surface area contributed by atoms with E-state index in [1.807, 2.05) is 44.2 Å². The molecule has 1 unspecified atom stereocenters. The number of methoxy groups -OCH3 is 1. The minimum atomic E-state index is -0.981. The first kappa shape index (κ1) is 11.8. The Bertz CT molecular complexity index is 361. The molecule has 0 fully saturated rings. The Labute approximate surface area is 91.2 Å². The number of para-hydroxylation sites is 1. The SMILES string of the molecule is COc1ccccc1C(C)(O)C=C(C)C. The molecule has 2 nitrogen and oxygen atoms in total. The van der Waals surface area contributed by atoms with E-state index >= 15 is 0 Å². The Morgan fingerprint density at radius 2 is 1.93 bits per heavy atom. The molecule has 0 heterocycles. The van der Waals surface area contributed by atoms with Crippen LogP contribution < -0.4 is 4.74 Å². The molecule has 1 N–H and O–H groups in total. The first-order chi connectivity index (χ1) is 6.97. The van der Waals surface area contributed by atoms with E-state index in [2.05, 4.69) is 0 Å². The van der Waals surface area contributed by atoms with Crippen LogP contribution in [0.4, 0.5) is 0 Å². The predicted molar refractivity (Wildman–Crippen MR) is 62.0 cm³/mol. The normalized spacial score (nSPS) is 14.2. The maximum Gasteiger partial charge on any atom is 0.125 e. The monoisotopic (exact) mass is 206 g/mol. The van der Waals surface area contributed by atoms with Crippen LogP contribution in [0.15, 0.2) is 35.9 Å². The van der Waals surface area contributed by atoms with E-state index in [1.54, 1.807) is 14.0 Å². The number of hydrogen-bond acceptors (Lipinski definition) is 2. The standard InChI is InChI=1S/C13H18O2/c1-10(2)9-13(3,14)11-7-5-6-8-12(11)15-4/h5-9,14H,1-4H3. The number of aliphatic hydroxyl groups is 1. The second-order valence-electron chi connectivity index (χ2n) is 4.07. The van der Waals surface area contributed by atoms with Crippen molar-refractivity contribution in [2.24, 2.45) is 0 Å². The van der Waals surface area contributed by atoms with Gasteiger partial charge in [-0.15, -0.1) is 0 Å². The van der Waals surface area contributed by atoms with Crippen LogP contribution in [0.2, 0.25) is 0 Å². The fourth-order valence-electron chi connectivity index (χ4n) is 1.70. The molecule has 0 spiro atoms. The average molecular weight is 206 g/mol. The van der Waals surface area contributed by atoms with Gasteiger partial charge in [0.05, 0.1) is 7.11 Å². The van der Waals surface area contributed by atoms with Crippen LogP contribution in [0.1, 0.15) is 26.3 Å². The fraction of sp³-hybridized carbons (Fsp3) is 0.385. The molecule has 0 bridgehead atoms. The van der Waals surface area contributed by atoms with Crippen molar-refractivity contribution >= 4 is 0 Å². The van der Waals surface area contributed by atoms with Gasteiger partial charge in [-0.3, -0.25) is 0 Å². The van der Waals surface area contributed by atoms with Crippen LogP contribution in [0.25, 0.3) is 0 Å². The molecule has 0 saturated carbocycles. The third kappa shape index (κ3) is 2.83. The number of rotatable bonds is 3. The Morgan fingerprint density at radius 1 is 1.33 bits per heavy atom. The lowest BCUT2D eigenvalue weighted by molar-refractivity contribution is 0.107. The van der Waals surface area contributed by atoms with Gasteiger partial charge in [0.1, 0.15) is 11.4 Å². The molecular formula is C13H18O2. The zero-order valence-corrected chi connectivity index (χ0v) is 9.74. The van der Waals surface area contributed by atoms with Crippen molar-refractivity contribution in [3.05, 3.63) is 41.5 Å². The zero-order valence-electron chi connectivity index (χ0n) is 9.74. The highest BCUT2D eigenvalue weighted by Crippen LogP contribution is 2.31. The molecular weight excluding hydrogens is 188 g/mol. The van der Waals surface area contributed by atoms with Crippen molar-refractivity contribution in [1.29, 1.82) is 0 Å². The summed E-state index contributed by atoms with van der Waals surface area (Å²) in [6.07, 6.45) is 1.82. The van der Waals surface area contributed by atoms with Crippen LogP contribution in [0.3, 0.4) is 0 Å². The van der Waals surface area contributed by atoms with Crippen LogP contribution >= 0.6 is 0 Å². The van der Waals surface area contributed by atoms with E-state index in [-0.39, 0.29) is 0 Å². The minimum Gasteiger partial charge on any atom is -0.496 e. The summed E-state index contributed by atoms with van der Waals surface area (Å²) >= 11 is 0. The summed E-state index contributed by atoms with van der Waals surface area (Å²) in [6, 6.07) is 7.51. The molecule has 1 atom stereocenters. The average Bonchev–Trinajstić information content (AvgIpc) is 2.16. The molecule has 1 aromatic rings. The van der Waals surface area contributed by atoms with Gasteiger partial charge < -0.3 is 9.84 Å². The number of hydrogen-bond donors (Lipinski definition) is 1. The van der Waals surface area contributed by atoms with Crippen molar-refractivity contribution < 1.29 is 9.84 Å². The van der Waals surface area contributed by atoms with E-state index in [4.69, 9.17) is 4.74 Å². The molecule has 0 aromatic heterocycles. The lowest BCUT2D eigenvalue weighted by Crippen LogP contribution is -2.19. The summed E-state index contributed by atoms with van der Waals surface area (Å²) in [6.45, 7) is 5.69. The summed E-state index contributed by atoms with van der Waals surface area (Å²) in [5.74, 6) is 0.708. The number of benzene rings is 1. The molecule has 1 aromatic carbocycles. The molecule has 15 heavy (non-hydrogen) atoms.